The largest absolute Gasteiger partial charge is 0.465 e. The molecule has 0 fully saturated rings. The molecule has 0 spiro atoms. The molecule has 88 valence electrons. The van der Waals surface area contributed by atoms with Gasteiger partial charge in [-0.25, -0.2) is 9.78 Å². The Morgan fingerprint density at radius 1 is 1.35 bits per heavy atom. The first-order chi connectivity index (χ1) is 8.15. The highest BCUT2D eigenvalue weighted by Gasteiger charge is 2.16. The Labute approximate surface area is 104 Å². The minimum atomic E-state index is -0.305. The fourth-order valence-corrected chi connectivity index (χ4v) is 2.66. The van der Waals surface area contributed by atoms with E-state index < -0.39 is 0 Å². The summed E-state index contributed by atoms with van der Waals surface area (Å²) in [5.41, 5.74) is 3.67. The summed E-state index contributed by atoms with van der Waals surface area (Å²) in [6, 6.07) is 3.73. The van der Waals surface area contributed by atoms with E-state index in [9.17, 15) is 4.79 Å². The Morgan fingerprint density at radius 2 is 2.12 bits per heavy atom. The van der Waals surface area contributed by atoms with Crippen molar-refractivity contribution < 1.29 is 9.53 Å². The van der Waals surface area contributed by atoms with E-state index in [1.54, 1.807) is 23.6 Å². The van der Waals surface area contributed by atoms with Gasteiger partial charge in [0.25, 0.3) is 0 Å². The maximum atomic E-state index is 11.6. The number of benzene rings is 1. The van der Waals surface area contributed by atoms with E-state index in [2.05, 4.69) is 4.98 Å². The third kappa shape index (κ3) is 2.08. The number of methoxy groups -OCH3 is 1. The van der Waals surface area contributed by atoms with Crippen molar-refractivity contribution in [2.45, 2.75) is 13.8 Å². The van der Waals surface area contributed by atoms with Crippen LogP contribution in [0.3, 0.4) is 0 Å². The summed E-state index contributed by atoms with van der Waals surface area (Å²) in [7, 11) is 1.39. The number of hydrogen-bond donors (Lipinski definition) is 0. The normalized spacial score (nSPS) is 10.3. The minimum absolute atomic E-state index is 0.305. The molecule has 0 saturated carbocycles. The van der Waals surface area contributed by atoms with Crippen molar-refractivity contribution >= 4 is 17.3 Å². The molecule has 0 bridgehead atoms. The summed E-state index contributed by atoms with van der Waals surface area (Å²) in [6.07, 6.45) is 1.77. The lowest BCUT2D eigenvalue weighted by molar-refractivity contribution is 0.0600. The average Bonchev–Trinajstić information content (AvgIpc) is 2.82. The molecule has 1 heterocycles. The molecule has 2 rings (SSSR count). The van der Waals surface area contributed by atoms with E-state index in [0.717, 1.165) is 21.7 Å². The molecule has 2 aromatic rings. The predicted molar refractivity (Wildman–Crippen MR) is 68.4 cm³/mol. The maximum Gasteiger partial charge on any atom is 0.338 e. The Balaban J connectivity index is 2.63. The second kappa shape index (κ2) is 4.67. The molecule has 1 aromatic heterocycles. The van der Waals surface area contributed by atoms with Crippen molar-refractivity contribution in [2.24, 2.45) is 0 Å². The third-order valence-electron chi connectivity index (χ3n) is 2.72. The van der Waals surface area contributed by atoms with Crippen molar-refractivity contribution in [1.29, 1.82) is 0 Å². The number of aromatic nitrogens is 1. The SMILES string of the molecule is COC(=O)c1ccc(C)c(-c2nccs2)c1C. The van der Waals surface area contributed by atoms with E-state index in [1.165, 1.54) is 7.11 Å². The molecule has 0 saturated heterocycles. The first-order valence-electron chi connectivity index (χ1n) is 5.23. The molecule has 3 nitrogen and oxygen atoms in total. The van der Waals surface area contributed by atoms with Crippen LogP contribution in [-0.2, 0) is 4.74 Å². The lowest BCUT2D eigenvalue weighted by atomic mass is 9.98. The molecule has 0 unspecified atom stereocenters. The van der Waals surface area contributed by atoms with Crippen LogP contribution in [0, 0.1) is 13.8 Å². The second-order valence-corrected chi connectivity index (χ2v) is 4.65. The van der Waals surface area contributed by atoms with Crippen LogP contribution in [0.25, 0.3) is 10.6 Å². The standard InChI is InChI=1S/C13H13NO2S/c1-8-4-5-10(13(15)16-3)9(2)11(8)12-14-6-7-17-12/h4-7H,1-3H3. The van der Waals surface area contributed by atoms with Crippen molar-refractivity contribution in [3.05, 3.63) is 40.4 Å². The summed E-state index contributed by atoms with van der Waals surface area (Å²) in [4.78, 5) is 15.9. The highest BCUT2D eigenvalue weighted by molar-refractivity contribution is 7.13. The summed E-state index contributed by atoms with van der Waals surface area (Å²) in [5, 5.41) is 2.87. The summed E-state index contributed by atoms with van der Waals surface area (Å²) in [5.74, 6) is -0.305. The van der Waals surface area contributed by atoms with Gasteiger partial charge in [-0.15, -0.1) is 11.3 Å². The fourth-order valence-electron chi connectivity index (χ4n) is 1.85. The second-order valence-electron chi connectivity index (χ2n) is 3.76. The number of rotatable bonds is 2. The van der Waals surface area contributed by atoms with Crippen LogP contribution in [-0.4, -0.2) is 18.1 Å². The highest BCUT2D eigenvalue weighted by atomic mass is 32.1. The number of nitrogens with zero attached hydrogens (tertiary/aromatic N) is 1. The molecular weight excluding hydrogens is 234 g/mol. The Morgan fingerprint density at radius 3 is 2.71 bits per heavy atom. The van der Waals surface area contributed by atoms with Crippen LogP contribution in [0.4, 0.5) is 0 Å². The number of hydrogen-bond acceptors (Lipinski definition) is 4. The van der Waals surface area contributed by atoms with Gasteiger partial charge in [0.1, 0.15) is 5.01 Å². The number of carbonyl (C=O) groups is 1. The molecule has 0 aliphatic carbocycles. The van der Waals surface area contributed by atoms with Crippen LogP contribution in [0.1, 0.15) is 21.5 Å². The monoisotopic (exact) mass is 247 g/mol. The zero-order valence-electron chi connectivity index (χ0n) is 9.98. The molecule has 0 amide bonds. The van der Waals surface area contributed by atoms with Crippen LogP contribution < -0.4 is 0 Å². The molecule has 17 heavy (non-hydrogen) atoms. The third-order valence-corrected chi connectivity index (χ3v) is 3.52. The topological polar surface area (TPSA) is 39.2 Å². The summed E-state index contributed by atoms with van der Waals surface area (Å²) < 4.78 is 4.77. The zero-order valence-corrected chi connectivity index (χ0v) is 10.8. The van der Waals surface area contributed by atoms with E-state index in [1.807, 2.05) is 25.3 Å². The lowest BCUT2D eigenvalue weighted by Crippen LogP contribution is -2.05. The smallest absolute Gasteiger partial charge is 0.338 e. The van der Waals surface area contributed by atoms with E-state index >= 15 is 0 Å². The van der Waals surface area contributed by atoms with Gasteiger partial charge in [0, 0.05) is 17.1 Å². The van der Waals surface area contributed by atoms with Gasteiger partial charge in [0.05, 0.1) is 12.7 Å². The lowest BCUT2D eigenvalue weighted by Gasteiger charge is -2.11. The summed E-state index contributed by atoms with van der Waals surface area (Å²) in [6.45, 7) is 3.95. The predicted octanol–water partition coefficient (Wildman–Crippen LogP) is 3.21. The van der Waals surface area contributed by atoms with Gasteiger partial charge in [-0.05, 0) is 31.0 Å². The average molecular weight is 247 g/mol. The van der Waals surface area contributed by atoms with Crippen molar-refractivity contribution in [1.82, 2.24) is 4.98 Å². The minimum Gasteiger partial charge on any atom is -0.465 e. The van der Waals surface area contributed by atoms with Gasteiger partial charge < -0.3 is 4.74 Å². The van der Waals surface area contributed by atoms with Gasteiger partial charge in [0.15, 0.2) is 0 Å². The molecular formula is C13H13NO2S. The number of aryl methyl sites for hydroxylation is 1. The number of ether oxygens (including phenoxy) is 1. The number of carbonyl (C=O) groups excluding carboxylic acids is 1. The molecule has 4 heteroatoms. The van der Waals surface area contributed by atoms with E-state index in [4.69, 9.17) is 4.74 Å². The Kier molecular flexibility index (Phi) is 3.24. The van der Waals surface area contributed by atoms with Gasteiger partial charge in [-0.3, -0.25) is 0 Å². The Hall–Kier alpha value is -1.68. The van der Waals surface area contributed by atoms with Crippen molar-refractivity contribution in [2.75, 3.05) is 7.11 Å². The summed E-state index contributed by atoms with van der Waals surface area (Å²) >= 11 is 1.57. The molecule has 0 radical (unpaired) electrons. The first kappa shape index (κ1) is 11.8. The van der Waals surface area contributed by atoms with E-state index in [-0.39, 0.29) is 5.97 Å². The van der Waals surface area contributed by atoms with Crippen LogP contribution in [0.5, 0.6) is 0 Å². The van der Waals surface area contributed by atoms with Crippen molar-refractivity contribution in [3.8, 4) is 10.6 Å². The number of thiazole rings is 1. The zero-order chi connectivity index (χ0) is 12.4. The van der Waals surface area contributed by atoms with Gasteiger partial charge in [-0.1, -0.05) is 6.07 Å². The van der Waals surface area contributed by atoms with Gasteiger partial charge in [-0.2, -0.15) is 0 Å². The fraction of sp³-hybridized carbons (Fsp3) is 0.231. The molecule has 0 N–H and O–H groups in total. The molecule has 0 aliphatic rings. The van der Waals surface area contributed by atoms with Gasteiger partial charge >= 0.3 is 5.97 Å². The van der Waals surface area contributed by atoms with E-state index in [0.29, 0.717) is 5.56 Å². The Bertz CT molecular complexity index is 547. The first-order valence-corrected chi connectivity index (χ1v) is 6.11. The molecule has 0 atom stereocenters. The quantitative estimate of drug-likeness (QED) is 0.765. The van der Waals surface area contributed by atoms with Gasteiger partial charge in [0.2, 0.25) is 0 Å². The van der Waals surface area contributed by atoms with Crippen molar-refractivity contribution in [3.63, 3.8) is 0 Å². The van der Waals surface area contributed by atoms with Crippen LogP contribution in [0.15, 0.2) is 23.7 Å². The molecule has 1 aromatic carbocycles. The van der Waals surface area contributed by atoms with Crippen LogP contribution >= 0.6 is 11.3 Å². The van der Waals surface area contributed by atoms with Crippen LogP contribution in [0.2, 0.25) is 0 Å². The number of esters is 1. The highest BCUT2D eigenvalue weighted by Crippen LogP contribution is 2.30. The molecule has 0 aliphatic heterocycles. The maximum absolute atomic E-state index is 11.6.